The second kappa shape index (κ2) is 8.61. The maximum atomic E-state index is 12.2. The molecule has 0 spiro atoms. The summed E-state index contributed by atoms with van der Waals surface area (Å²) in [7, 11) is -3.71. The van der Waals surface area contributed by atoms with Gasteiger partial charge in [0, 0.05) is 6.07 Å². The summed E-state index contributed by atoms with van der Waals surface area (Å²) in [4.78, 5) is 22.6. The lowest BCUT2D eigenvalue weighted by Gasteiger charge is -2.22. The highest BCUT2D eigenvalue weighted by atomic mass is 32.2. The minimum atomic E-state index is -3.71. The molecule has 0 bridgehead atoms. The molecule has 28 heavy (non-hydrogen) atoms. The number of nitrogens with one attached hydrogen (secondary N) is 1. The van der Waals surface area contributed by atoms with E-state index in [0.717, 1.165) is 27.9 Å². The van der Waals surface area contributed by atoms with Crippen LogP contribution < -0.4 is 9.73 Å². The molecule has 0 aliphatic carbocycles. The number of nitro benzene ring substituents is 1. The summed E-state index contributed by atoms with van der Waals surface area (Å²) in [5.74, 6) is -0.681. The van der Waals surface area contributed by atoms with Gasteiger partial charge in [-0.25, -0.2) is 13.8 Å². The van der Waals surface area contributed by atoms with E-state index >= 15 is 0 Å². The van der Waals surface area contributed by atoms with Gasteiger partial charge in [0.05, 0.1) is 28.6 Å². The van der Waals surface area contributed by atoms with Crippen LogP contribution >= 0.6 is 0 Å². The number of nitro groups is 1. The fourth-order valence-corrected chi connectivity index (χ4v) is 3.44. The lowest BCUT2D eigenvalue weighted by Crippen LogP contribution is -2.39. The normalized spacial score (nSPS) is 11.4. The summed E-state index contributed by atoms with van der Waals surface area (Å²) < 4.78 is 25.2. The average molecular weight is 404 g/mol. The molecule has 0 atom stereocenters. The van der Waals surface area contributed by atoms with E-state index in [4.69, 9.17) is 0 Å². The number of hydrazone groups is 1. The number of hydrogen-bond donors (Lipinski definition) is 1. The number of amides is 1. The SMILES string of the molecule is Cc1cc(C)cc(N(CC(=O)N/N=C\c2ccccc2[N+](=O)[O-])S(C)(=O)=O)c1. The zero-order chi connectivity index (χ0) is 20.9. The highest BCUT2D eigenvalue weighted by molar-refractivity contribution is 7.92. The van der Waals surface area contributed by atoms with Crippen molar-refractivity contribution < 1.29 is 18.1 Å². The average Bonchev–Trinajstić information content (AvgIpc) is 2.58. The summed E-state index contributed by atoms with van der Waals surface area (Å²) in [5.41, 5.74) is 4.34. The number of benzene rings is 2. The molecule has 0 fully saturated rings. The van der Waals surface area contributed by atoms with E-state index in [-0.39, 0.29) is 11.3 Å². The van der Waals surface area contributed by atoms with Gasteiger partial charge in [-0.2, -0.15) is 5.10 Å². The minimum Gasteiger partial charge on any atom is -0.271 e. The molecule has 9 nitrogen and oxygen atoms in total. The van der Waals surface area contributed by atoms with Crippen molar-refractivity contribution in [2.45, 2.75) is 13.8 Å². The Kier molecular flexibility index (Phi) is 6.47. The van der Waals surface area contributed by atoms with Crippen LogP contribution in [-0.4, -0.2) is 38.3 Å². The summed E-state index contributed by atoms with van der Waals surface area (Å²) in [5, 5.41) is 14.7. The zero-order valence-electron chi connectivity index (χ0n) is 15.6. The predicted molar refractivity (Wildman–Crippen MR) is 107 cm³/mol. The quantitative estimate of drug-likeness (QED) is 0.430. The lowest BCUT2D eigenvalue weighted by atomic mass is 10.1. The Hall–Kier alpha value is -3.27. The molecule has 0 heterocycles. The zero-order valence-corrected chi connectivity index (χ0v) is 16.4. The monoisotopic (exact) mass is 404 g/mol. The fourth-order valence-electron chi connectivity index (χ4n) is 2.60. The highest BCUT2D eigenvalue weighted by Crippen LogP contribution is 2.21. The first-order valence-corrected chi connectivity index (χ1v) is 10.0. The van der Waals surface area contributed by atoms with Crippen molar-refractivity contribution in [1.29, 1.82) is 0 Å². The molecule has 2 rings (SSSR count). The van der Waals surface area contributed by atoms with Crippen molar-refractivity contribution in [2.24, 2.45) is 5.10 Å². The smallest absolute Gasteiger partial charge is 0.271 e. The largest absolute Gasteiger partial charge is 0.278 e. The summed E-state index contributed by atoms with van der Waals surface area (Å²) >= 11 is 0. The van der Waals surface area contributed by atoms with Gasteiger partial charge in [-0.3, -0.25) is 19.2 Å². The molecule has 0 aromatic heterocycles. The van der Waals surface area contributed by atoms with Crippen LogP contribution in [-0.2, 0) is 14.8 Å². The van der Waals surface area contributed by atoms with E-state index in [1.54, 1.807) is 18.2 Å². The van der Waals surface area contributed by atoms with E-state index in [0.29, 0.717) is 5.69 Å². The number of carbonyl (C=O) groups excluding carboxylic acids is 1. The first-order chi connectivity index (χ1) is 13.1. The molecule has 148 valence electrons. The summed E-state index contributed by atoms with van der Waals surface area (Å²) in [6, 6.07) is 11.1. The maximum absolute atomic E-state index is 12.2. The van der Waals surface area contributed by atoms with E-state index in [2.05, 4.69) is 10.5 Å². The molecule has 2 aromatic carbocycles. The van der Waals surface area contributed by atoms with Crippen LogP contribution in [0.3, 0.4) is 0 Å². The second-order valence-electron chi connectivity index (χ2n) is 6.22. The minimum absolute atomic E-state index is 0.159. The number of rotatable bonds is 7. The third-order valence-electron chi connectivity index (χ3n) is 3.71. The van der Waals surface area contributed by atoms with Crippen LogP contribution in [0.1, 0.15) is 16.7 Å². The number of para-hydroxylation sites is 1. The molecule has 0 radical (unpaired) electrons. The second-order valence-corrected chi connectivity index (χ2v) is 8.13. The van der Waals surface area contributed by atoms with Gasteiger partial charge in [0.1, 0.15) is 6.54 Å². The van der Waals surface area contributed by atoms with E-state index in [9.17, 15) is 23.3 Å². The van der Waals surface area contributed by atoms with Crippen LogP contribution in [0, 0.1) is 24.0 Å². The Morgan fingerprint density at radius 3 is 2.39 bits per heavy atom. The van der Waals surface area contributed by atoms with Gasteiger partial charge in [0.2, 0.25) is 10.0 Å². The van der Waals surface area contributed by atoms with Gasteiger partial charge in [-0.05, 0) is 43.2 Å². The van der Waals surface area contributed by atoms with Crippen molar-refractivity contribution in [1.82, 2.24) is 5.43 Å². The van der Waals surface area contributed by atoms with Crippen molar-refractivity contribution in [3.8, 4) is 0 Å². The Morgan fingerprint density at radius 1 is 1.21 bits per heavy atom. The first kappa shape index (κ1) is 21.0. The number of anilines is 1. The number of carbonyl (C=O) groups is 1. The molecule has 0 saturated carbocycles. The third kappa shape index (κ3) is 5.61. The van der Waals surface area contributed by atoms with Crippen molar-refractivity contribution in [2.75, 3.05) is 17.1 Å². The number of sulfonamides is 1. The van der Waals surface area contributed by atoms with Crippen LogP contribution in [0.5, 0.6) is 0 Å². The van der Waals surface area contributed by atoms with E-state index < -0.39 is 27.4 Å². The molecule has 0 aliphatic rings. The van der Waals surface area contributed by atoms with Gasteiger partial charge in [-0.15, -0.1) is 0 Å². The lowest BCUT2D eigenvalue weighted by molar-refractivity contribution is -0.385. The maximum Gasteiger partial charge on any atom is 0.278 e. The van der Waals surface area contributed by atoms with E-state index in [1.165, 1.54) is 18.2 Å². The van der Waals surface area contributed by atoms with Gasteiger partial charge in [0.25, 0.3) is 11.6 Å². The Balaban J connectivity index is 2.16. The van der Waals surface area contributed by atoms with Crippen molar-refractivity contribution >= 4 is 33.5 Å². The standard InChI is InChI=1S/C18H20N4O5S/c1-13-8-14(2)10-16(9-13)21(28(3,26)27)12-18(23)20-19-11-15-6-4-5-7-17(15)22(24)25/h4-11H,12H2,1-3H3,(H,20,23)/b19-11-. The first-order valence-electron chi connectivity index (χ1n) is 8.19. The fraction of sp³-hybridized carbons (Fsp3) is 0.222. The molecular weight excluding hydrogens is 384 g/mol. The molecule has 0 aliphatic heterocycles. The number of hydrogen-bond acceptors (Lipinski definition) is 6. The number of aryl methyl sites for hydroxylation is 2. The third-order valence-corrected chi connectivity index (χ3v) is 4.85. The molecule has 1 amide bonds. The Labute approximate surface area is 162 Å². The highest BCUT2D eigenvalue weighted by Gasteiger charge is 2.21. The Morgan fingerprint density at radius 2 is 1.82 bits per heavy atom. The van der Waals surface area contributed by atoms with Crippen LogP contribution in [0.15, 0.2) is 47.6 Å². The van der Waals surface area contributed by atoms with Gasteiger partial charge < -0.3 is 0 Å². The number of nitrogens with zero attached hydrogens (tertiary/aromatic N) is 3. The molecular formula is C18H20N4O5S. The van der Waals surface area contributed by atoms with Crippen molar-refractivity contribution in [3.05, 3.63) is 69.3 Å². The molecule has 1 N–H and O–H groups in total. The predicted octanol–water partition coefficient (Wildman–Crippen LogP) is 2.13. The van der Waals surface area contributed by atoms with Gasteiger partial charge >= 0.3 is 0 Å². The van der Waals surface area contributed by atoms with Crippen LogP contribution in [0.4, 0.5) is 11.4 Å². The Bertz CT molecular complexity index is 1010. The van der Waals surface area contributed by atoms with E-state index in [1.807, 2.05) is 19.9 Å². The molecule has 10 heteroatoms. The van der Waals surface area contributed by atoms with Crippen LogP contribution in [0.2, 0.25) is 0 Å². The molecule has 0 unspecified atom stereocenters. The van der Waals surface area contributed by atoms with Gasteiger partial charge in [0.15, 0.2) is 0 Å². The topological polar surface area (TPSA) is 122 Å². The van der Waals surface area contributed by atoms with Gasteiger partial charge in [-0.1, -0.05) is 18.2 Å². The molecule has 0 saturated heterocycles. The summed E-state index contributed by atoms with van der Waals surface area (Å²) in [6.45, 7) is 3.18. The summed E-state index contributed by atoms with van der Waals surface area (Å²) in [6.07, 6.45) is 2.15. The molecule has 2 aromatic rings. The van der Waals surface area contributed by atoms with Crippen molar-refractivity contribution in [3.63, 3.8) is 0 Å². The van der Waals surface area contributed by atoms with Crippen LogP contribution in [0.25, 0.3) is 0 Å².